The number of rotatable bonds is 2. The normalized spacial score (nSPS) is 19.5. The summed E-state index contributed by atoms with van der Waals surface area (Å²) in [7, 11) is 1.74. The Kier molecular flexibility index (Phi) is 3.47. The molecule has 5 heteroatoms. The highest BCUT2D eigenvalue weighted by atomic mass is 79.9. The van der Waals surface area contributed by atoms with Crippen molar-refractivity contribution in [3.63, 3.8) is 0 Å². The first kappa shape index (κ1) is 12.1. The van der Waals surface area contributed by atoms with Crippen molar-refractivity contribution in [2.45, 2.75) is 12.5 Å². The summed E-state index contributed by atoms with van der Waals surface area (Å²) in [6, 6.07) is 7.06. The lowest BCUT2D eigenvalue weighted by Gasteiger charge is -2.12. The highest BCUT2D eigenvalue weighted by Gasteiger charge is 2.27. The highest BCUT2D eigenvalue weighted by Crippen LogP contribution is 2.12. The van der Waals surface area contributed by atoms with Gasteiger partial charge in [-0.1, -0.05) is 15.9 Å². The molecule has 4 nitrogen and oxygen atoms in total. The fraction of sp³-hybridized carbons (Fsp3) is 0.333. The Labute approximate surface area is 108 Å². The largest absolute Gasteiger partial charge is 0.347 e. The molecule has 1 heterocycles. The van der Waals surface area contributed by atoms with Crippen LogP contribution in [0.2, 0.25) is 0 Å². The summed E-state index contributed by atoms with van der Waals surface area (Å²) < 4.78 is 0.935. The van der Waals surface area contributed by atoms with E-state index in [-0.39, 0.29) is 17.9 Å². The number of likely N-dealkylation sites (tertiary alicyclic amines) is 1. The first-order valence-electron chi connectivity index (χ1n) is 5.36. The molecule has 0 aromatic heterocycles. The van der Waals surface area contributed by atoms with Crippen molar-refractivity contribution >= 4 is 27.7 Å². The van der Waals surface area contributed by atoms with E-state index in [4.69, 9.17) is 0 Å². The number of halogens is 1. The zero-order valence-corrected chi connectivity index (χ0v) is 11.0. The second-order valence-electron chi connectivity index (χ2n) is 4.16. The summed E-state index contributed by atoms with van der Waals surface area (Å²) in [5, 5.41) is 2.86. The number of carbonyl (C=O) groups is 2. The van der Waals surface area contributed by atoms with Crippen molar-refractivity contribution in [1.82, 2.24) is 10.2 Å². The highest BCUT2D eigenvalue weighted by molar-refractivity contribution is 9.10. The molecule has 0 aliphatic carbocycles. The standard InChI is InChI=1S/C12H13BrN2O2/c1-15-7-10(6-11(15)16)14-12(17)8-2-4-9(13)5-3-8/h2-5,10H,6-7H2,1H3,(H,14,17). The lowest BCUT2D eigenvalue weighted by molar-refractivity contribution is -0.126. The minimum atomic E-state index is -0.134. The van der Waals surface area contributed by atoms with Crippen LogP contribution in [-0.4, -0.2) is 36.3 Å². The van der Waals surface area contributed by atoms with Crippen molar-refractivity contribution in [2.24, 2.45) is 0 Å². The fourth-order valence-electron chi connectivity index (χ4n) is 1.83. The molecule has 1 atom stereocenters. The summed E-state index contributed by atoms with van der Waals surface area (Å²) >= 11 is 3.32. The molecule has 1 saturated heterocycles. The third-order valence-electron chi connectivity index (χ3n) is 2.78. The molecule has 1 fully saturated rings. The van der Waals surface area contributed by atoms with E-state index in [2.05, 4.69) is 21.2 Å². The lowest BCUT2D eigenvalue weighted by atomic mass is 10.2. The van der Waals surface area contributed by atoms with Crippen molar-refractivity contribution in [3.8, 4) is 0 Å². The molecule has 2 rings (SSSR count). The van der Waals surface area contributed by atoms with Gasteiger partial charge in [0.15, 0.2) is 0 Å². The van der Waals surface area contributed by atoms with Crippen LogP contribution in [0.5, 0.6) is 0 Å². The molecule has 0 bridgehead atoms. The van der Waals surface area contributed by atoms with Crippen LogP contribution in [0.1, 0.15) is 16.8 Å². The maximum Gasteiger partial charge on any atom is 0.251 e. The van der Waals surface area contributed by atoms with Gasteiger partial charge in [-0.05, 0) is 24.3 Å². The Morgan fingerprint density at radius 3 is 2.59 bits per heavy atom. The number of nitrogens with one attached hydrogen (secondary N) is 1. The van der Waals surface area contributed by atoms with Gasteiger partial charge in [0.05, 0.1) is 6.04 Å². The van der Waals surface area contributed by atoms with E-state index in [0.29, 0.717) is 18.5 Å². The number of hydrogen-bond donors (Lipinski definition) is 1. The number of likely N-dealkylation sites (N-methyl/N-ethyl adjacent to an activating group) is 1. The van der Waals surface area contributed by atoms with Crippen LogP contribution in [-0.2, 0) is 4.79 Å². The summed E-state index contributed by atoms with van der Waals surface area (Å²) in [6.45, 7) is 0.584. The van der Waals surface area contributed by atoms with Gasteiger partial charge in [0, 0.05) is 30.0 Å². The molecule has 0 spiro atoms. The second-order valence-corrected chi connectivity index (χ2v) is 5.07. The van der Waals surface area contributed by atoms with Crippen LogP contribution in [0.25, 0.3) is 0 Å². The van der Waals surface area contributed by atoms with E-state index in [1.54, 1.807) is 24.1 Å². The van der Waals surface area contributed by atoms with Crippen molar-refractivity contribution in [1.29, 1.82) is 0 Å². The van der Waals surface area contributed by atoms with Gasteiger partial charge in [-0.25, -0.2) is 0 Å². The van der Waals surface area contributed by atoms with Crippen molar-refractivity contribution in [3.05, 3.63) is 34.3 Å². The summed E-state index contributed by atoms with van der Waals surface area (Å²) in [6.07, 6.45) is 0.388. The molecule has 1 aliphatic heterocycles. The zero-order valence-electron chi connectivity index (χ0n) is 9.44. The molecular weight excluding hydrogens is 284 g/mol. The van der Waals surface area contributed by atoms with Crippen molar-refractivity contribution in [2.75, 3.05) is 13.6 Å². The zero-order chi connectivity index (χ0) is 12.4. The van der Waals surface area contributed by atoms with Gasteiger partial charge >= 0.3 is 0 Å². The number of amides is 2. The summed E-state index contributed by atoms with van der Waals surface area (Å²) in [4.78, 5) is 24.8. The molecule has 1 aromatic carbocycles. The second kappa shape index (κ2) is 4.87. The van der Waals surface area contributed by atoms with Gasteiger partial charge in [0.25, 0.3) is 5.91 Å². The maximum absolute atomic E-state index is 11.9. The molecule has 1 N–H and O–H groups in total. The van der Waals surface area contributed by atoms with E-state index in [1.807, 2.05) is 12.1 Å². The van der Waals surface area contributed by atoms with Gasteiger partial charge in [-0.15, -0.1) is 0 Å². The molecule has 1 aliphatic rings. The Bertz CT molecular complexity index is 444. The number of hydrogen-bond acceptors (Lipinski definition) is 2. The Hall–Kier alpha value is -1.36. The quantitative estimate of drug-likeness (QED) is 0.897. The maximum atomic E-state index is 11.9. The minimum absolute atomic E-state index is 0.0751. The SMILES string of the molecule is CN1CC(NC(=O)c2ccc(Br)cc2)CC1=O. The van der Waals surface area contributed by atoms with Crippen molar-refractivity contribution < 1.29 is 9.59 Å². The lowest BCUT2D eigenvalue weighted by Crippen LogP contribution is -2.36. The smallest absolute Gasteiger partial charge is 0.251 e. The Morgan fingerprint density at radius 2 is 2.06 bits per heavy atom. The number of carbonyl (C=O) groups excluding carboxylic acids is 2. The van der Waals surface area contributed by atoms with Crippen LogP contribution in [0, 0.1) is 0 Å². The Morgan fingerprint density at radius 1 is 1.41 bits per heavy atom. The molecule has 0 saturated carbocycles. The van der Waals surface area contributed by atoms with E-state index in [0.717, 1.165) is 4.47 Å². The summed E-state index contributed by atoms with van der Waals surface area (Å²) in [5.41, 5.74) is 0.607. The van der Waals surface area contributed by atoms with Crippen LogP contribution >= 0.6 is 15.9 Å². The first-order chi connectivity index (χ1) is 8.06. The van der Waals surface area contributed by atoms with E-state index in [9.17, 15) is 9.59 Å². The number of benzene rings is 1. The average molecular weight is 297 g/mol. The minimum Gasteiger partial charge on any atom is -0.347 e. The van der Waals surface area contributed by atoms with Crippen LogP contribution in [0.3, 0.4) is 0 Å². The third-order valence-corrected chi connectivity index (χ3v) is 3.31. The van der Waals surface area contributed by atoms with E-state index in [1.165, 1.54) is 0 Å². The third kappa shape index (κ3) is 2.85. The van der Waals surface area contributed by atoms with Gasteiger partial charge < -0.3 is 10.2 Å². The molecule has 0 radical (unpaired) electrons. The van der Waals surface area contributed by atoms with Gasteiger partial charge in [0.2, 0.25) is 5.91 Å². The molecule has 2 amide bonds. The molecule has 1 unspecified atom stereocenters. The summed E-state index contributed by atoms with van der Waals surface area (Å²) in [5.74, 6) is -0.0586. The van der Waals surface area contributed by atoms with Crippen LogP contribution in [0.4, 0.5) is 0 Å². The van der Waals surface area contributed by atoms with Crippen LogP contribution in [0.15, 0.2) is 28.7 Å². The predicted molar refractivity (Wildman–Crippen MR) is 67.7 cm³/mol. The fourth-order valence-corrected chi connectivity index (χ4v) is 2.09. The average Bonchev–Trinajstić information content (AvgIpc) is 2.58. The van der Waals surface area contributed by atoms with Gasteiger partial charge in [-0.2, -0.15) is 0 Å². The molecule has 90 valence electrons. The topological polar surface area (TPSA) is 49.4 Å². The monoisotopic (exact) mass is 296 g/mol. The van der Waals surface area contributed by atoms with E-state index < -0.39 is 0 Å². The predicted octanol–water partition coefficient (Wildman–Crippen LogP) is 1.41. The van der Waals surface area contributed by atoms with Gasteiger partial charge in [0.1, 0.15) is 0 Å². The van der Waals surface area contributed by atoms with Gasteiger partial charge in [-0.3, -0.25) is 9.59 Å². The molecule has 1 aromatic rings. The first-order valence-corrected chi connectivity index (χ1v) is 6.16. The number of nitrogens with zero attached hydrogens (tertiary/aromatic N) is 1. The van der Waals surface area contributed by atoms with E-state index >= 15 is 0 Å². The Balaban J connectivity index is 1.98. The van der Waals surface area contributed by atoms with Crippen LogP contribution < -0.4 is 5.32 Å². The molecular formula is C12H13BrN2O2. The molecule has 17 heavy (non-hydrogen) atoms.